The predicted octanol–water partition coefficient (Wildman–Crippen LogP) is 4.93. The number of carbonyl (C=O) groups is 1. The van der Waals surface area contributed by atoms with E-state index in [0.717, 1.165) is 10.2 Å². The molecule has 5 rings (SSSR count). The summed E-state index contributed by atoms with van der Waals surface area (Å²) < 4.78 is 8.20. The zero-order chi connectivity index (χ0) is 19.8. The van der Waals surface area contributed by atoms with E-state index >= 15 is 0 Å². The van der Waals surface area contributed by atoms with Crippen LogP contribution in [0.4, 0.5) is 10.8 Å². The molecule has 0 bridgehead atoms. The molecule has 0 saturated heterocycles. The number of thiazole rings is 1. The Bertz CT molecular complexity index is 1270. The van der Waals surface area contributed by atoms with E-state index in [1.807, 2.05) is 77.3 Å². The first kappa shape index (κ1) is 17.4. The van der Waals surface area contributed by atoms with Crippen LogP contribution in [0.2, 0.25) is 0 Å². The molecule has 3 aromatic heterocycles. The minimum atomic E-state index is -0.249. The van der Waals surface area contributed by atoms with Crippen molar-refractivity contribution in [3.05, 3.63) is 84.8 Å². The highest BCUT2D eigenvalue weighted by molar-refractivity contribution is 7.22. The summed E-state index contributed by atoms with van der Waals surface area (Å²) in [7, 11) is 1.60. The monoisotopic (exact) mass is 400 g/mol. The van der Waals surface area contributed by atoms with Crippen LogP contribution < -0.4 is 9.64 Å². The van der Waals surface area contributed by atoms with E-state index in [1.165, 1.54) is 11.3 Å². The fraction of sp³-hybridized carbons (Fsp3) is 0.0455. The fourth-order valence-electron chi connectivity index (χ4n) is 3.17. The van der Waals surface area contributed by atoms with Crippen molar-refractivity contribution in [2.75, 3.05) is 12.0 Å². The molecule has 0 radical (unpaired) electrons. The molecule has 0 aliphatic rings. The van der Waals surface area contributed by atoms with Gasteiger partial charge in [-0.3, -0.25) is 9.69 Å². The Morgan fingerprint density at radius 3 is 2.72 bits per heavy atom. The van der Waals surface area contributed by atoms with E-state index in [4.69, 9.17) is 9.72 Å². The van der Waals surface area contributed by atoms with E-state index in [-0.39, 0.29) is 5.91 Å². The number of imidazole rings is 1. The molecule has 142 valence electrons. The Morgan fingerprint density at radius 1 is 1.03 bits per heavy atom. The summed E-state index contributed by atoms with van der Waals surface area (Å²) in [5.41, 5.74) is 2.58. The minimum Gasteiger partial charge on any atom is -0.497 e. The maximum Gasteiger partial charge on any atom is 0.284 e. The molecule has 3 heterocycles. The summed E-state index contributed by atoms with van der Waals surface area (Å²) in [6, 6.07) is 20.9. The summed E-state index contributed by atoms with van der Waals surface area (Å²) in [6.07, 6.45) is 3.60. The van der Waals surface area contributed by atoms with Crippen molar-refractivity contribution >= 4 is 43.9 Å². The Kier molecular flexibility index (Phi) is 4.22. The number of hydrogen-bond donors (Lipinski definition) is 0. The second-order valence-electron chi connectivity index (χ2n) is 6.40. The lowest BCUT2D eigenvalue weighted by Gasteiger charge is -2.19. The number of rotatable bonds is 4. The first-order valence-electron chi connectivity index (χ1n) is 9.01. The van der Waals surface area contributed by atoms with Crippen LogP contribution in [0.3, 0.4) is 0 Å². The van der Waals surface area contributed by atoms with Crippen LogP contribution in [-0.2, 0) is 0 Å². The van der Waals surface area contributed by atoms with Crippen LogP contribution in [0.25, 0.3) is 15.9 Å². The average molecular weight is 400 g/mol. The molecule has 0 atom stereocenters. The van der Waals surface area contributed by atoms with Crippen molar-refractivity contribution in [1.82, 2.24) is 14.4 Å². The second kappa shape index (κ2) is 7.03. The number of benzene rings is 2. The van der Waals surface area contributed by atoms with Gasteiger partial charge in [0.15, 0.2) is 5.13 Å². The normalized spacial score (nSPS) is 11.1. The maximum absolute atomic E-state index is 13.6. The van der Waals surface area contributed by atoms with E-state index in [0.29, 0.717) is 27.9 Å². The highest BCUT2D eigenvalue weighted by Gasteiger charge is 2.25. The first-order chi connectivity index (χ1) is 14.2. The molecule has 7 heteroatoms. The molecule has 6 nitrogen and oxygen atoms in total. The van der Waals surface area contributed by atoms with Gasteiger partial charge in [-0.05, 0) is 36.4 Å². The number of carbonyl (C=O) groups excluding carboxylic acids is 1. The van der Waals surface area contributed by atoms with Gasteiger partial charge in [-0.1, -0.05) is 35.6 Å². The minimum absolute atomic E-state index is 0.249. The summed E-state index contributed by atoms with van der Waals surface area (Å²) in [4.78, 5) is 24.4. The molecule has 0 aliphatic heterocycles. The van der Waals surface area contributed by atoms with E-state index in [1.54, 1.807) is 18.2 Å². The Labute approximate surface area is 170 Å². The fourth-order valence-corrected chi connectivity index (χ4v) is 4.16. The lowest BCUT2D eigenvalue weighted by molar-refractivity contribution is 0.0995. The molecule has 29 heavy (non-hydrogen) atoms. The van der Waals surface area contributed by atoms with Crippen LogP contribution >= 0.6 is 11.3 Å². The molecule has 1 amide bonds. The number of fused-ring (bicyclic) bond motifs is 2. The van der Waals surface area contributed by atoms with Gasteiger partial charge in [0, 0.05) is 18.5 Å². The third-order valence-electron chi connectivity index (χ3n) is 4.57. The molecule has 0 saturated carbocycles. The first-order valence-corrected chi connectivity index (χ1v) is 9.82. The Hall–Kier alpha value is -3.71. The SMILES string of the molecule is COc1cccc(N(C(=O)c2cn3ccccc3n2)c2nc3ccccc3s2)c1. The van der Waals surface area contributed by atoms with Gasteiger partial charge in [-0.15, -0.1) is 0 Å². The molecule has 0 N–H and O–H groups in total. The summed E-state index contributed by atoms with van der Waals surface area (Å²) >= 11 is 1.46. The quantitative estimate of drug-likeness (QED) is 0.429. The molecular weight excluding hydrogens is 384 g/mol. The van der Waals surface area contributed by atoms with Crippen molar-refractivity contribution in [2.45, 2.75) is 0 Å². The molecule has 0 spiro atoms. The average Bonchev–Trinajstić information content (AvgIpc) is 3.38. The lowest BCUT2D eigenvalue weighted by atomic mass is 10.2. The van der Waals surface area contributed by atoms with Gasteiger partial charge in [-0.25, -0.2) is 9.97 Å². The van der Waals surface area contributed by atoms with Gasteiger partial charge >= 0.3 is 0 Å². The number of aromatic nitrogens is 3. The third-order valence-corrected chi connectivity index (χ3v) is 5.59. The lowest BCUT2D eigenvalue weighted by Crippen LogP contribution is -2.26. The number of ether oxygens (including phenoxy) is 1. The summed E-state index contributed by atoms with van der Waals surface area (Å²) in [5.74, 6) is 0.414. The van der Waals surface area contributed by atoms with Gasteiger partial charge in [0.25, 0.3) is 5.91 Å². The number of hydrogen-bond acceptors (Lipinski definition) is 5. The largest absolute Gasteiger partial charge is 0.497 e. The van der Waals surface area contributed by atoms with Gasteiger partial charge in [-0.2, -0.15) is 0 Å². The predicted molar refractivity (Wildman–Crippen MR) is 114 cm³/mol. The number of anilines is 2. The van der Waals surface area contributed by atoms with E-state index in [2.05, 4.69) is 4.98 Å². The van der Waals surface area contributed by atoms with Gasteiger partial charge in [0.1, 0.15) is 17.1 Å². The molecule has 0 unspecified atom stereocenters. The zero-order valence-corrected chi connectivity index (χ0v) is 16.3. The maximum atomic E-state index is 13.6. The number of amides is 1. The van der Waals surface area contributed by atoms with Crippen molar-refractivity contribution < 1.29 is 9.53 Å². The number of para-hydroxylation sites is 1. The topological polar surface area (TPSA) is 59.7 Å². The molecule has 0 fully saturated rings. The van der Waals surface area contributed by atoms with Gasteiger partial charge in [0.2, 0.25) is 0 Å². The van der Waals surface area contributed by atoms with E-state index in [9.17, 15) is 4.79 Å². The highest BCUT2D eigenvalue weighted by Crippen LogP contribution is 2.35. The van der Waals surface area contributed by atoms with Crippen LogP contribution in [0.5, 0.6) is 5.75 Å². The van der Waals surface area contributed by atoms with Crippen molar-refractivity contribution in [3.63, 3.8) is 0 Å². The highest BCUT2D eigenvalue weighted by atomic mass is 32.1. The molecular formula is C22H16N4O2S. The van der Waals surface area contributed by atoms with Crippen LogP contribution in [0, 0.1) is 0 Å². The Morgan fingerprint density at radius 2 is 1.90 bits per heavy atom. The number of methoxy groups -OCH3 is 1. The van der Waals surface area contributed by atoms with Crippen LogP contribution in [0.15, 0.2) is 79.1 Å². The number of nitrogens with zero attached hydrogens (tertiary/aromatic N) is 4. The van der Waals surface area contributed by atoms with Crippen molar-refractivity contribution in [3.8, 4) is 5.75 Å². The van der Waals surface area contributed by atoms with Crippen molar-refractivity contribution in [2.24, 2.45) is 0 Å². The van der Waals surface area contributed by atoms with Crippen LogP contribution in [-0.4, -0.2) is 27.4 Å². The number of pyridine rings is 1. The third kappa shape index (κ3) is 3.11. The standard InChI is InChI=1S/C22H16N4O2S/c1-28-16-8-6-7-15(13-16)26(22-24-17-9-2-3-10-19(17)29-22)21(27)18-14-25-12-5-4-11-20(25)23-18/h2-14H,1H3. The summed E-state index contributed by atoms with van der Waals surface area (Å²) in [5, 5.41) is 0.585. The molecule has 5 aromatic rings. The van der Waals surface area contributed by atoms with E-state index < -0.39 is 0 Å². The second-order valence-corrected chi connectivity index (χ2v) is 7.41. The van der Waals surface area contributed by atoms with Crippen LogP contribution in [0.1, 0.15) is 10.5 Å². The van der Waals surface area contributed by atoms with Gasteiger partial charge < -0.3 is 9.14 Å². The van der Waals surface area contributed by atoms with Crippen molar-refractivity contribution in [1.29, 1.82) is 0 Å². The Balaban J connectivity index is 1.67. The smallest absolute Gasteiger partial charge is 0.284 e. The molecule has 0 aliphatic carbocycles. The van der Waals surface area contributed by atoms with Gasteiger partial charge in [0.05, 0.1) is 23.0 Å². The zero-order valence-electron chi connectivity index (χ0n) is 15.5. The molecule has 2 aromatic carbocycles. The summed E-state index contributed by atoms with van der Waals surface area (Å²) in [6.45, 7) is 0.